The molecule has 0 spiro atoms. The van der Waals surface area contributed by atoms with Crippen LogP contribution in [0, 0.1) is 13.8 Å². The molecular weight excluding hydrogens is 200 g/mol. The monoisotopic (exact) mass is 222 g/mol. The molecule has 1 aromatic heterocycles. The highest BCUT2D eigenvalue weighted by Crippen LogP contribution is 2.14. The molecule has 0 aliphatic rings. The lowest BCUT2D eigenvalue weighted by Crippen LogP contribution is -2.32. The zero-order chi connectivity index (χ0) is 12.5. The second-order valence-electron chi connectivity index (χ2n) is 4.78. The summed E-state index contributed by atoms with van der Waals surface area (Å²) in [5, 5.41) is 0. The fraction of sp³-hybridized carbons (Fsp3) is 0.615. The van der Waals surface area contributed by atoms with Crippen LogP contribution < -0.4 is 0 Å². The number of carbonyl (C=O) groups excluding carboxylic acids is 1. The Hall–Kier alpha value is -1.09. The maximum atomic E-state index is 12.1. The van der Waals surface area contributed by atoms with Crippen molar-refractivity contribution in [3.8, 4) is 0 Å². The van der Waals surface area contributed by atoms with Gasteiger partial charge in [-0.2, -0.15) is 0 Å². The molecule has 1 aromatic rings. The first-order valence-electron chi connectivity index (χ1n) is 5.71. The lowest BCUT2D eigenvalue weighted by molar-refractivity contribution is 0.0929. The maximum Gasteiger partial charge on any atom is 0.178 e. The Morgan fingerprint density at radius 2 is 2.00 bits per heavy atom. The van der Waals surface area contributed by atoms with Gasteiger partial charge in [-0.05, 0) is 40.8 Å². The first-order valence-corrected chi connectivity index (χ1v) is 5.71. The summed E-state index contributed by atoms with van der Waals surface area (Å²) in [6, 6.07) is 2.38. The van der Waals surface area contributed by atoms with Crippen LogP contribution >= 0.6 is 0 Å². The highest BCUT2D eigenvalue weighted by Gasteiger charge is 2.16. The smallest absolute Gasteiger partial charge is 0.178 e. The first kappa shape index (κ1) is 13.0. The Kier molecular flexibility index (Phi) is 3.92. The maximum absolute atomic E-state index is 12.1. The van der Waals surface area contributed by atoms with E-state index in [0.717, 1.165) is 17.0 Å². The number of hydrogen-bond donors (Lipinski definition) is 0. The van der Waals surface area contributed by atoms with Gasteiger partial charge in [0.2, 0.25) is 0 Å². The van der Waals surface area contributed by atoms with Crippen LogP contribution in [0.25, 0.3) is 0 Å². The third kappa shape index (κ3) is 2.53. The standard InChI is InChI=1S/C13H22N2O/c1-9(2)14(5)8-13(16)12-7-10(3)15(6)11(12)4/h7,9H,8H2,1-6H3. The van der Waals surface area contributed by atoms with Gasteiger partial charge in [0.05, 0.1) is 6.54 Å². The average Bonchev–Trinajstić information content (AvgIpc) is 2.45. The minimum Gasteiger partial charge on any atom is -0.351 e. The normalized spacial score (nSPS) is 11.5. The fourth-order valence-electron chi connectivity index (χ4n) is 1.63. The first-order chi connectivity index (χ1) is 7.34. The van der Waals surface area contributed by atoms with Crippen molar-refractivity contribution in [3.63, 3.8) is 0 Å². The van der Waals surface area contributed by atoms with Crippen molar-refractivity contribution in [1.29, 1.82) is 0 Å². The van der Waals surface area contributed by atoms with Crippen LogP contribution in [-0.2, 0) is 7.05 Å². The van der Waals surface area contributed by atoms with Gasteiger partial charge < -0.3 is 4.57 Å². The van der Waals surface area contributed by atoms with Crippen molar-refractivity contribution < 1.29 is 4.79 Å². The molecule has 0 unspecified atom stereocenters. The second kappa shape index (κ2) is 4.83. The predicted molar refractivity (Wildman–Crippen MR) is 67.0 cm³/mol. The highest BCUT2D eigenvalue weighted by atomic mass is 16.1. The Morgan fingerprint density at radius 1 is 1.44 bits per heavy atom. The molecule has 1 rings (SSSR count). The summed E-state index contributed by atoms with van der Waals surface area (Å²) in [6.07, 6.45) is 0. The number of nitrogens with zero attached hydrogens (tertiary/aromatic N) is 2. The highest BCUT2D eigenvalue weighted by molar-refractivity contribution is 5.99. The molecule has 0 radical (unpaired) electrons. The lowest BCUT2D eigenvalue weighted by atomic mass is 10.1. The molecule has 0 bridgehead atoms. The quantitative estimate of drug-likeness (QED) is 0.729. The van der Waals surface area contributed by atoms with Crippen molar-refractivity contribution in [2.24, 2.45) is 7.05 Å². The number of hydrogen-bond acceptors (Lipinski definition) is 2. The van der Waals surface area contributed by atoms with E-state index in [9.17, 15) is 4.79 Å². The zero-order valence-electron chi connectivity index (χ0n) is 11.2. The topological polar surface area (TPSA) is 25.2 Å². The molecule has 0 atom stereocenters. The zero-order valence-corrected chi connectivity index (χ0v) is 11.2. The molecule has 0 amide bonds. The summed E-state index contributed by atoms with van der Waals surface area (Å²) in [5.74, 6) is 0.206. The van der Waals surface area contributed by atoms with Crippen LogP contribution in [0.1, 0.15) is 35.6 Å². The Labute approximate surface area is 98.1 Å². The van der Waals surface area contributed by atoms with Crippen LogP contribution in [0.15, 0.2) is 6.07 Å². The Morgan fingerprint density at radius 3 is 2.38 bits per heavy atom. The molecule has 0 fully saturated rings. The molecule has 0 aliphatic carbocycles. The molecule has 0 saturated heterocycles. The summed E-state index contributed by atoms with van der Waals surface area (Å²) in [7, 11) is 3.97. The van der Waals surface area contributed by atoms with Crippen LogP contribution in [0.2, 0.25) is 0 Å². The molecule has 16 heavy (non-hydrogen) atoms. The Balaban J connectivity index is 2.85. The van der Waals surface area contributed by atoms with Gasteiger partial charge in [0.25, 0.3) is 0 Å². The lowest BCUT2D eigenvalue weighted by Gasteiger charge is -2.19. The molecule has 90 valence electrons. The van der Waals surface area contributed by atoms with Crippen LogP contribution in [-0.4, -0.2) is 34.9 Å². The molecule has 0 N–H and O–H groups in total. The van der Waals surface area contributed by atoms with E-state index in [-0.39, 0.29) is 5.78 Å². The number of carbonyl (C=O) groups is 1. The average molecular weight is 222 g/mol. The van der Waals surface area contributed by atoms with Crippen molar-refractivity contribution in [2.75, 3.05) is 13.6 Å². The largest absolute Gasteiger partial charge is 0.351 e. The van der Waals surface area contributed by atoms with Gasteiger partial charge in [0.1, 0.15) is 0 Å². The van der Waals surface area contributed by atoms with Crippen LogP contribution in [0.5, 0.6) is 0 Å². The van der Waals surface area contributed by atoms with E-state index in [4.69, 9.17) is 0 Å². The van der Waals surface area contributed by atoms with Gasteiger partial charge in [-0.15, -0.1) is 0 Å². The minimum absolute atomic E-state index is 0.206. The van der Waals surface area contributed by atoms with Crippen molar-refractivity contribution in [2.45, 2.75) is 33.7 Å². The molecule has 0 saturated carbocycles. The SMILES string of the molecule is Cc1cc(C(=O)CN(C)C(C)C)c(C)n1C. The van der Waals surface area contributed by atoms with Gasteiger partial charge >= 0.3 is 0 Å². The number of aryl methyl sites for hydroxylation is 1. The molecule has 0 aliphatic heterocycles. The second-order valence-corrected chi connectivity index (χ2v) is 4.78. The molecule has 0 aromatic carbocycles. The van der Waals surface area contributed by atoms with Crippen LogP contribution in [0.3, 0.4) is 0 Å². The van der Waals surface area contributed by atoms with Gasteiger partial charge in [0, 0.05) is 30.0 Å². The van der Waals surface area contributed by atoms with Gasteiger partial charge in [-0.3, -0.25) is 9.69 Å². The van der Waals surface area contributed by atoms with Gasteiger partial charge in [-0.1, -0.05) is 0 Å². The summed E-state index contributed by atoms with van der Waals surface area (Å²) < 4.78 is 2.06. The van der Waals surface area contributed by atoms with Crippen molar-refractivity contribution in [3.05, 3.63) is 23.0 Å². The number of likely N-dealkylation sites (N-methyl/N-ethyl adjacent to an activating group) is 1. The summed E-state index contributed by atoms with van der Waals surface area (Å²) in [4.78, 5) is 14.2. The molecule has 3 nitrogen and oxygen atoms in total. The van der Waals surface area contributed by atoms with Gasteiger partial charge in [-0.25, -0.2) is 0 Å². The third-order valence-corrected chi connectivity index (χ3v) is 3.35. The molecule has 1 heterocycles. The number of rotatable bonds is 4. The van der Waals surface area contributed by atoms with E-state index in [2.05, 4.69) is 23.3 Å². The third-order valence-electron chi connectivity index (χ3n) is 3.35. The Bertz CT molecular complexity index is 391. The van der Waals surface area contributed by atoms with Crippen molar-refractivity contribution in [1.82, 2.24) is 9.47 Å². The summed E-state index contributed by atoms with van der Waals surface area (Å²) >= 11 is 0. The van der Waals surface area contributed by atoms with E-state index >= 15 is 0 Å². The van der Waals surface area contributed by atoms with Crippen LogP contribution in [0.4, 0.5) is 0 Å². The fourth-order valence-corrected chi connectivity index (χ4v) is 1.63. The predicted octanol–water partition coefficient (Wildman–Crippen LogP) is 2.16. The molecular formula is C13H22N2O. The number of ketones is 1. The van der Waals surface area contributed by atoms with Crippen molar-refractivity contribution >= 4 is 5.78 Å². The van der Waals surface area contributed by atoms with E-state index in [1.807, 2.05) is 34.0 Å². The van der Waals surface area contributed by atoms with E-state index in [1.54, 1.807) is 0 Å². The number of Topliss-reactive ketones (excluding diaryl/α,β-unsaturated/α-hetero) is 1. The summed E-state index contributed by atoms with van der Waals surface area (Å²) in [6.45, 7) is 8.69. The summed E-state index contributed by atoms with van der Waals surface area (Å²) in [5.41, 5.74) is 3.04. The number of aromatic nitrogens is 1. The van der Waals surface area contributed by atoms with E-state index in [0.29, 0.717) is 12.6 Å². The minimum atomic E-state index is 0.206. The van der Waals surface area contributed by atoms with Gasteiger partial charge in [0.15, 0.2) is 5.78 Å². The van der Waals surface area contributed by atoms with E-state index < -0.39 is 0 Å². The van der Waals surface area contributed by atoms with E-state index in [1.165, 1.54) is 0 Å². The molecule has 3 heteroatoms.